The standard InChI is InChI=1S/C20H27FN4O2.2ClH/c1-24(13-14-25(2)19-22-10-4-11-23-19)12-3-9-20(26-15-16-27-20)17-5-7-18(21)8-6-17;;/h4-8,10-11H,3,9,12-16H2,1-2H3;2*1H. The highest BCUT2D eigenvalue weighted by molar-refractivity contribution is 5.85. The van der Waals surface area contributed by atoms with Crippen molar-refractivity contribution in [3.63, 3.8) is 0 Å². The summed E-state index contributed by atoms with van der Waals surface area (Å²) in [6.07, 6.45) is 5.15. The van der Waals surface area contributed by atoms with Gasteiger partial charge in [-0.15, -0.1) is 24.8 Å². The molecule has 1 aromatic heterocycles. The highest BCUT2D eigenvalue weighted by atomic mass is 35.5. The predicted octanol–water partition coefficient (Wildman–Crippen LogP) is 3.51. The van der Waals surface area contributed by atoms with Crippen LogP contribution < -0.4 is 4.90 Å². The van der Waals surface area contributed by atoms with Crippen LogP contribution in [-0.2, 0) is 15.3 Å². The number of rotatable bonds is 9. The Bertz CT molecular complexity index is 703. The first-order valence-electron chi connectivity index (χ1n) is 9.30. The molecule has 9 heteroatoms. The molecule has 2 heterocycles. The Labute approximate surface area is 184 Å². The molecule has 1 saturated heterocycles. The fourth-order valence-corrected chi connectivity index (χ4v) is 3.22. The van der Waals surface area contributed by atoms with Crippen LogP contribution in [-0.4, -0.2) is 61.8 Å². The highest BCUT2D eigenvalue weighted by Gasteiger charge is 2.38. The zero-order valence-electron chi connectivity index (χ0n) is 16.8. The van der Waals surface area contributed by atoms with Crippen molar-refractivity contribution >= 4 is 30.8 Å². The van der Waals surface area contributed by atoms with Gasteiger partial charge in [-0.25, -0.2) is 14.4 Å². The van der Waals surface area contributed by atoms with Crippen molar-refractivity contribution in [1.82, 2.24) is 14.9 Å². The summed E-state index contributed by atoms with van der Waals surface area (Å²) in [5.41, 5.74) is 0.880. The second-order valence-corrected chi connectivity index (χ2v) is 6.83. The SMILES string of the molecule is CN(CCCC1(c2ccc(F)cc2)OCCO1)CCN(C)c1ncccn1.Cl.Cl. The van der Waals surface area contributed by atoms with Gasteiger partial charge in [0.2, 0.25) is 5.95 Å². The molecule has 1 fully saturated rings. The monoisotopic (exact) mass is 446 g/mol. The molecule has 1 aliphatic heterocycles. The molecule has 2 aromatic rings. The van der Waals surface area contributed by atoms with Crippen LogP contribution in [0.4, 0.5) is 10.3 Å². The summed E-state index contributed by atoms with van der Waals surface area (Å²) in [6.45, 7) is 3.79. The summed E-state index contributed by atoms with van der Waals surface area (Å²) >= 11 is 0. The molecule has 162 valence electrons. The molecule has 0 radical (unpaired) electrons. The van der Waals surface area contributed by atoms with Crippen LogP contribution in [0.3, 0.4) is 0 Å². The largest absolute Gasteiger partial charge is 0.343 e. The van der Waals surface area contributed by atoms with Crippen LogP contribution in [0.25, 0.3) is 0 Å². The maximum absolute atomic E-state index is 13.2. The highest BCUT2D eigenvalue weighted by Crippen LogP contribution is 2.36. The smallest absolute Gasteiger partial charge is 0.225 e. The normalized spacial score (nSPS) is 14.9. The van der Waals surface area contributed by atoms with Gasteiger partial charge in [0.15, 0.2) is 5.79 Å². The van der Waals surface area contributed by atoms with Crippen LogP contribution in [0.15, 0.2) is 42.7 Å². The molecule has 0 N–H and O–H groups in total. The number of aromatic nitrogens is 2. The maximum atomic E-state index is 13.2. The first-order valence-corrected chi connectivity index (χ1v) is 9.30. The third-order valence-electron chi connectivity index (χ3n) is 4.79. The van der Waals surface area contributed by atoms with Crippen molar-refractivity contribution in [1.29, 1.82) is 0 Å². The lowest BCUT2D eigenvalue weighted by atomic mass is 10.0. The molecular weight excluding hydrogens is 418 g/mol. The van der Waals surface area contributed by atoms with Gasteiger partial charge < -0.3 is 19.3 Å². The summed E-state index contributed by atoms with van der Waals surface area (Å²) in [4.78, 5) is 12.8. The van der Waals surface area contributed by atoms with Crippen molar-refractivity contribution in [2.45, 2.75) is 18.6 Å². The quantitative estimate of drug-likeness (QED) is 0.587. The van der Waals surface area contributed by atoms with E-state index >= 15 is 0 Å². The Hall–Kier alpha value is -1.51. The summed E-state index contributed by atoms with van der Waals surface area (Å²) in [5, 5.41) is 0. The molecule has 0 bridgehead atoms. The zero-order chi connectivity index (χ0) is 19.1. The lowest BCUT2D eigenvalue weighted by Crippen LogP contribution is -2.33. The van der Waals surface area contributed by atoms with Gasteiger partial charge in [-0.05, 0) is 38.2 Å². The first-order chi connectivity index (χ1) is 13.1. The van der Waals surface area contributed by atoms with Crippen molar-refractivity contribution in [3.8, 4) is 0 Å². The van der Waals surface area contributed by atoms with Gasteiger partial charge in [0, 0.05) is 44.5 Å². The Morgan fingerprint density at radius 2 is 1.59 bits per heavy atom. The molecule has 1 aliphatic rings. The summed E-state index contributed by atoms with van der Waals surface area (Å²) < 4.78 is 25.1. The summed E-state index contributed by atoms with van der Waals surface area (Å²) in [7, 11) is 4.09. The number of anilines is 1. The minimum atomic E-state index is -0.747. The van der Waals surface area contributed by atoms with E-state index in [-0.39, 0.29) is 30.6 Å². The number of hydrogen-bond acceptors (Lipinski definition) is 6. The van der Waals surface area contributed by atoms with Gasteiger partial charge >= 0.3 is 0 Å². The molecule has 0 spiro atoms. The third-order valence-corrected chi connectivity index (χ3v) is 4.79. The molecule has 0 amide bonds. The first kappa shape index (κ1) is 25.5. The molecule has 3 rings (SSSR count). The Kier molecular flexibility index (Phi) is 10.8. The van der Waals surface area contributed by atoms with Crippen LogP contribution in [0.2, 0.25) is 0 Å². The summed E-state index contributed by atoms with van der Waals surface area (Å²) in [6, 6.07) is 8.22. The fraction of sp³-hybridized carbons (Fsp3) is 0.500. The van der Waals surface area contributed by atoms with Gasteiger partial charge in [-0.3, -0.25) is 0 Å². The van der Waals surface area contributed by atoms with Gasteiger partial charge in [0.1, 0.15) is 5.82 Å². The van der Waals surface area contributed by atoms with Crippen LogP contribution in [0, 0.1) is 5.82 Å². The van der Waals surface area contributed by atoms with E-state index in [1.54, 1.807) is 24.5 Å². The number of likely N-dealkylation sites (N-methyl/N-ethyl adjacent to an activating group) is 2. The number of ether oxygens (including phenoxy) is 2. The molecule has 0 unspecified atom stereocenters. The third kappa shape index (κ3) is 7.04. The van der Waals surface area contributed by atoms with Crippen LogP contribution >= 0.6 is 24.8 Å². The molecule has 0 saturated carbocycles. The lowest BCUT2D eigenvalue weighted by molar-refractivity contribution is -0.172. The van der Waals surface area contributed by atoms with E-state index in [1.807, 2.05) is 18.0 Å². The van der Waals surface area contributed by atoms with Gasteiger partial charge in [-0.1, -0.05) is 12.1 Å². The summed E-state index contributed by atoms with van der Waals surface area (Å²) in [5.74, 6) is -0.268. The van der Waals surface area contributed by atoms with E-state index in [2.05, 4.69) is 21.9 Å². The van der Waals surface area contributed by atoms with E-state index in [9.17, 15) is 4.39 Å². The number of halogens is 3. The van der Waals surface area contributed by atoms with Gasteiger partial charge in [0.05, 0.1) is 13.2 Å². The van der Waals surface area contributed by atoms with Crippen molar-refractivity contribution in [2.24, 2.45) is 0 Å². The second-order valence-electron chi connectivity index (χ2n) is 6.83. The molecule has 0 atom stereocenters. The van der Waals surface area contributed by atoms with Crippen molar-refractivity contribution in [3.05, 3.63) is 54.1 Å². The molecular formula is C20H29Cl2FN4O2. The van der Waals surface area contributed by atoms with E-state index in [4.69, 9.17) is 9.47 Å². The topological polar surface area (TPSA) is 50.7 Å². The Morgan fingerprint density at radius 3 is 2.21 bits per heavy atom. The van der Waals surface area contributed by atoms with Crippen molar-refractivity contribution in [2.75, 3.05) is 51.8 Å². The van der Waals surface area contributed by atoms with Gasteiger partial charge in [-0.2, -0.15) is 0 Å². The number of hydrogen-bond donors (Lipinski definition) is 0. The number of nitrogens with zero attached hydrogens (tertiary/aromatic N) is 4. The molecule has 6 nitrogen and oxygen atoms in total. The van der Waals surface area contributed by atoms with E-state index in [0.717, 1.165) is 44.0 Å². The molecule has 1 aromatic carbocycles. The number of benzene rings is 1. The predicted molar refractivity (Wildman–Crippen MR) is 117 cm³/mol. The van der Waals surface area contributed by atoms with E-state index in [0.29, 0.717) is 13.2 Å². The van der Waals surface area contributed by atoms with E-state index < -0.39 is 5.79 Å². The fourth-order valence-electron chi connectivity index (χ4n) is 3.22. The maximum Gasteiger partial charge on any atom is 0.225 e. The van der Waals surface area contributed by atoms with Crippen LogP contribution in [0.5, 0.6) is 0 Å². The second kappa shape index (κ2) is 12.2. The Balaban J connectivity index is 0.00000210. The van der Waals surface area contributed by atoms with Crippen molar-refractivity contribution < 1.29 is 13.9 Å². The average Bonchev–Trinajstić information content (AvgIpc) is 3.17. The van der Waals surface area contributed by atoms with Crippen LogP contribution in [0.1, 0.15) is 18.4 Å². The van der Waals surface area contributed by atoms with Gasteiger partial charge in [0.25, 0.3) is 0 Å². The Morgan fingerprint density at radius 1 is 0.966 bits per heavy atom. The average molecular weight is 447 g/mol. The zero-order valence-corrected chi connectivity index (χ0v) is 18.4. The minimum Gasteiger partial charge on any atom is -0.343 e. The minimum absolute atomic E-state index is 0. The van der Waals surface area contributed by atoms with E-state index in [1.165, 1.54) is 12.1 Å². The molecule has 0 aliphatic carbocycles. The lowest BCUT2D eigenvalue weighted by Gasteiger charge is -2.29. The molecule has 29 heavy (non-hydrogen) atoms.